The molecule has 0 bridgehead atoms. The highest BCUT2D eigenvalue weighted by atomic mass is 35.5. The largest absolute Gasteiger partial charge is 0.478 e. The molecule has 36 heavy (non-hydrogen) atoms. The molecule has 0 saturated carbocycles. The Morgan fingerprint density at radius 2 is 1.61 bits per heavy atom. The molecule has 4 aromatic carbocycles. The molecule has 0 fully saturated rings. The van der Waals surface area contributed by atoms with Gasteiger partial charge in [-0.15, -0.1) is 0 Å². The molecule has 0 amide bonds. The van der Waals surface area contributed by atoms with Crippen molar-refractivity contribution in [3.8, 4) is 11.1 Å². The molecule has 4 aromatic rings. The van der Waals surface area contributed by atoms with Crippen LogP contribution in [0.3, 0.4) is 0 Å². The summed E-state index contributed by atoms with van der Waals surface area (Å²) >= 11 is 6.72. The summed E-state index contributed by atoms with van der Waals surface area (Å²) in [6.07, 6.45) is 2.27. The van der Waals surface area contributed by atoms with Crippen LogP contribution in [0.2, 0.25) is 5.02 Å². The predicted octanol–water partition coefficient (Wildman–Crippen LogP) is 7.65. The first-order chi connectivity index (χ1) is 17.7. The second-order valence-corrected chi connectivity index (χ2v) is 8.83. The SMILES string of the molecule is [2H]C(c1ccc(-c2ccc(N(C)C)cc2)cc1Cl)N(c1ccccc1)c1cc(F)cc(/C=C/C(=O)O)c1. The maximum Gasteiger partial charge on any atom is 0.328 e. The van der Waals surface area contributed by atoms with Gasteiger partial charge in [-0.2, -0.15) is 0 Å². The van der Waals surface area contributed by atoms with Crippen molar-refractivity contribution in [2.24, 2.45) is 0 Å². The predicted molar refractivity (Wildman–Crippen MR) is 147 cm³/mol. The second kappa shape index (κ2) is 11.1. The Bertz CT molecular complexity index is 1430. The number of aliphatic carboxylic acids is 1. The monoisotopic (exact) mass is 501 g/mol. The third-order valence-electron chi connectivity index (χ3n) is 5.62. The third-order valence-corrected chi connectivity index (χ3v) is 5.95. The number of carboxylic acids is 1. The molecule has 0 radical (unpaired) electrons. The normalized spacial score (nSPS) is 12.3. The number of anilines is 3. The van der Waals surface area contributed by atoms with E-state index in [0.29, 0.717) is 27.5 Å². The summed E-state index contributed by atoms with van der Waals surface area (Å²) in [5, 5.41) is 9.39. The van der Waals surface area contributed by atoms with E-state index in [2.05, 4.69) is 0 Å². The number of para-hydroxylation sites is 1. The van der Waals surface area contributed by atoms with Crippen LogP contribution < -0.4 is 9.80 Å². The molecular weight excluding hydrogens is 475 g/mol. The van der Waals surface area contributed by atoms with Crippen molar-refractivity contribution in [1.82, 2.24) is 0 Å². The number of carboxylic acid groups (broad SMARTS) is 1. The summed E-state index contributed by atoms with van der Waals surface area (Å²) in [5.41, 5.74) is 4.99. The van der Waals surface area contributed by atoms with Gasteiger partial charge in [-0.25, -0.2) is 9.18 Å². The van der Waals surface area contributed by atoms with Crippen molar-refractivity contribution in [1.29, 1.82) is 0 Å². The fourth-order valence-electron chi connectivity index (χ4n) is 3.79. The van der Waals surface area contributed by atoms with E-state index in [0.717, 1.165) is 22.9 Å². The van der Waals surface area contributed by atoms with Crippen molar-refractivity contribution in [3.05, 3.63) is 119 Å². The van der Waals surface area contributed by atoms with E-state index in [1.54, 1.807) is 11.0 Å². The Morgan fingerprint density at radius 3 is 2.25 bits per heavy atom. The molecular formula is C30H26ClFN2O2. The molecule has 4 rings (SSSR count). The smallest absolute Gasteiger partial charge is 0.328 e. The summed E-state index contributed by atoms with van der Waals surface area (Å²) in [5.74, 6) is -1.68. The van der Waals surface area contributed by atoms with Crippen LogP contribution in [-0.2, 0) is 11.3 Å². The highest BCUT2D eigenvalue weighted by Crippen LogP contribution is 2.33. The summed E-state index contributed by atoms with van der Waals surface area (Å²) < 4.78 is 23.7. The van der Waals surface area contributed by atoms with E-state index in [1.165, 1.54) is 18.2 Å². The standard InChI is InChI=1S/C30H26ClFN2O2/c1-33(2)26-13-11-22(12-14-26)23-9-10-24(29(31)18-23)20-34(27-6-4-3-5-7-27)28-17-21(8-15-30(35)36)16-25(32)19-28/h3-19H,20H2,1-2H3,(H,35,36)/b15-8+/i20D. The van der Waals surface area contributed by atoms with Crippen LogP contribution >= 0.6 is 11.6 Å². The van der Waals surface area contributed by atoms with E-state index < -0.39 is 18.3 Å². The lowest BCUT2D eigenvalue weighted by Crippen LogP contribution is -2.17. The van der Waals surface area contributed by atoms with E-state index in [4.69, 9.17) is 18.1 Å². The first-order valence-electron chi connectivity index (χ1n) is 11.9. The van der Waals surface area contributed by atoms with Gasteiger partial charge in [0.2, 0.25) is 0 Å². The molecule has 1 N–H and O–H groups in total. The molecule has 182 valence electrons. The zero-order valence-electron chi connectivity index (χ0n) is 20.9. The summed E-state index contributed by atoms with van der Waals surface area (Å²) in [6.45, 7) is -1.00. The second-order valence-electron chi connectivity index (χ2n) is 8.43. The highest BCUT2D eigenvalue weighted by molar-refractivity contribution is 6.31. The van der Waals surface area contributed by atoms with Crippen LogP contribution in [0.1, 0.15) is 12.5 Å². The summed E-state index contributed by atoms with van der Waals surface area (Å²) in [7, 11) is 3.97. The van der Waals surface area contributed by atoms with Gasteiger partial charge < -0.3 is 14.9 Å². The first-order valence-corrected chi connectivity index (χ1v) is 11.7. The van der Waals surface area contributed by atoms with Crippen molar-refractivity contribution in [2.75, 3.05) is 23.9 Å². The fraction of sp³-hybridized carbons (Fsp3) is 0.100. The minimum Gasteiger partial charge on any atom is -0.478 e. The molecule has 0 saturated heterocycles. The minimum absolute atomic E-state index is 0.369. The van der Waals surface area contributed by atoms with Gasteiger partial charge in [0.05, 0.1) is 1.37 Å². The Kier molecular flexibility index (Phi) is 7.29. The van der Waals surface area contributed by atoms with E-state index in [-0.39, 0.29) is 0 Å². The van der Waals surface area contributed by atoms with Gasteiger partial charge in [0, 0.05) is 48.8 Å². The lowest BCUT2D eigenvalue weighted by molar-refractivity contribution is -0.131. The third kappa shape index (κ3) is 6.12. The molecule has 0 spiro atoms. The van der Waals surface area contributed by atoms with Gasteiger partial charge in [0.15, 0.2) is 0 Å². The fourth-order valence-corrected chi connectivity index (χ4v) is 4.02. The van der Waals surface area contributed by atoms with Crippen molar-refractivity contribution in [3.63, 3.8) is 0 Å². The van der Waals surface area contributed by atoms with Crippen LogP contribution in [0, 0.1) is 5.82 Å². The molecule has 0 heterocycles. The van der Waals surface area contributed by atoms with Crippen molar-refractivity contribution in [2.45, 2.75) is 6.52 Å². The van der Waals surface area contributed by atoms with E-state index >= 15 is 0 Å². The lowest BCUT2D eigenvalue weighted by atomic mass is 10.0. The Morgan fingerprint density at radius 1 is 0.917 bits per heavy atom. The summed E-state index contributed by atoms with van der Waals surface area (Å²) in [6, 6.07) is 27.1. The van der Waals surface area contributed by atoms with Gasteiger partial charge in [0.1, 0.15) is 5.82 Å². The number of hydrogen-bond acceptors (Lipinski definition) is 3. The number of halogens is 2. The number of benzene rings is 4. The highest BCUT2D eigenvalue weighted by Gasteiger charge is 2.15. The van der Waals surface area contributed by atoms with Crippen molar-refractivity contribution >= 4 is 40.7 Å². The Balaban J connectivity index is 1.74. The van der Waals surface area contributed by atoms with Crippen LogP contribution in [0.15, 0.2) is 97.1 Å². The number of nitrogens with zero attached hydrogens (tertiary/aromatic N) is 2. The number of rotatable bonds is 8. The van der Waals surface area contributed by atoms with Crippen molar-refractivity contribution < 1.29 is 15.7 Å². The van der Waals surface area contributed by atoms with Crippen LogP contribution in [0.5, 0.6) is 0 Å². The summed E-state index contributed by atoms with van der Waals surface area (Å²) in [4.78, 5) is 14.7. The first kappa shape index (κ1) is 23.6. The van der Waals surface area contributed by atoms with E-state index in [1.807, 2.05) is 91.8 Å². The van der Waals surface area contributed by atoms with Gasteiger partial charge in [-0.1, -0.05) is 54.1 Å². The molecule has 0 aromatic heterocycles. The Hall–Kier alpha value is -4.09. The Labute approximate surface area is 216 Å². The number of carbonyl (C=O) groups is 1. The number of hydrogen-bond donors (Lipinski definition) is 1. The molecule has 0 aliphatic rings. The molecule has 1 unspecified atom stereocenters. The maximum atomic E-state index is 14.6. The molecule has 4 nitrogen and oxygen atoms in total. The quantitative estimate of drug-likeness (QED) is 0.252. The zero-order valence-corrected chi connectivity index (χ0v) is 20.7. The van der Waals surface area contributed by atoms with Crippen LogP contribution in [0.4, 0.5) is 21.5 Å². The molecule has 0 aliphatic carbocycles. The van der Waals surface area contributed by atoms with Gasteiger partial charge in [-0.05, 0) is 76.9 Å². The topological polar surface area (TPSA) is 43.8 Å². The average molecular weight is 502 g/mol. The average Bonchev–Trinajstić information content (AvgIpc) is 2.88. The zero-order chi connectivity index (χ0) is 26.5. The van der Waals surface area contributed by atoms with Gasteiger partial charge in [-0.3, -0.25) is 0 Å². The molecule has 1 atom stereocenters. The van der Waals surface area contributed by atoms with Gasteiger partial charge >= 0.3 is 5.97 Å². The van der Waals surface area contributed by atoms with Gasteiger partial charge in [0.25, 0.3) is 0 Å². The van der Waals surface area contributed by atoms with Crippen LogP contribution in [0.25, 0.3) is 17.2 Å². The molecule has 0 aliphatic heterocycles. The maximum absolute atomic E-state index is 14.6. The lowest BCUT2D eigenvalue weighted by Gasteiger charge is -2.26. The minimum atomic E-state index is -1.13. The molecule has 6 heteroatoms. The van der Waals surface area contributed by atoms with Crippen LogP contribution in [-0.4, -0.2) is 25.2 Å². The van der Waals surface area contributed by atoms with E-state index in [9.17, 15) is 9.18 Å².